The number of unbranched alkanes of at least 4 members (excludes halogenated alkanes) is 2. The molecule has 1 atom stereocenters. The smallest absolute Gasteiger partial charge is 0.213 e. The highest BCUT2D eigenvalue weighted by Gasteiger charge is 2.16. The first-order valence-electron chi connectivity index (χ1n) is 4.79. The highest BCUT2D eigenvalue weighted by molar-refractivity contribution is 8.68. The molecule has 3 nitrogen and oxygen atoms in total. The highest BCUT2D eigenvalue weighted by Crippen LogP contribution is 2.55. The van der Waals surface area contributed by atoms with Gasteiger partial charge in [0.05, 0.1) is 6.61 Å². The summed E-state index contributed by atoms with van der Waals surface area (Å²) in [7, 11) is 0. The van der Waals surface area contributed by atoms with Crippen molar-refractivity contribution >= 4 is 35.2 Å². The lowest BCUT2D eigenvalue weighted by Crippen LogP contribution is -2.07. The SMILES string of the molecule is CCCCCSP(=S)(NC=O)OCC. The fourth-order valence-corrected chi connectivity index (χ4v) is 5.27. The Labute approximate surface area is 95.3 Å². The fraction of sp³-hybridized carbons (Fsp3) is 0.875. The van der Waals surface area contributed by atoms with E-state index in [0.717, 1.165) is 12.2 Å². The predicted molar refractivity (Wildman–Crippen MR) is 67.1 cm³/mol. The molecule has 1 N–H and O–H groups in total. The zero-order valence-electron chi connectivity index (χ0n) is 8.69. The van der Waals surface area contributed by atoms with Crippen LogP contribution in [-0.4, -0.2) is 18.8 Å². The number of hydrogen-bond acceptors (Lipinski definition) is 4. The summed E-state index contributed by atoms with van der Waals surface area (Å²) in [5.74, 6) is 0.964. The molecule has 0 fully saturated rings. The second kappa shape index (κ2) is 8.72. The third-order valence-corrected chi connectivity index (χ3v) is 7.13. The first-order chi connectivity index (χ1) is 6.68. The van der Waals surface area contributed by atoms with Gasteiger partial charge < -0.3 is 9.61 Å². The second-order valence-corrected chi connectivity index (χ2v) is 9.43. The van der Waals surface area contributed by atoms with E-state index in [0.29, 0.717) is 13.0 Å². The monoisotopic (exact) mass is 255 g/mol. The van der Waals surface area contributed by atoms with Gasteiger partial charge in [0.15, 0.2) is 0 Å². The summed E-state index contributed by atoms with van der Waals surface area (Å²) >= 11 is 6.83. The van der Waals surface area contributed by atoms with Crippen molar-refractivity contribution < 1.29 is 9.32 Å². The minimum absolute atomic E-state index is 0.554. The molecule has 0 saturated heterocycles. The molecule has 0 radical (unpaired) electrons. The number of hydrogen-bond donors (Lipinski definition) is 1. The van der Waals surface area contributed by atoms with Crippen molar-refractivity contribution in [2.75, 3.05) is 12.4 Å². The van der Waals surface area contributed by atoms with Gasteiger partial charge in [-0.1, -0.05) is 31.1 Å². The third-order valence-electron chi connectivity index (χ3n) is 1.52. The van der Waals surface area contributed by atoms with E-state index in [1.165, 1.54) is 12.8 Å². The highest BCUT2D eigenvalue weighted by atomic mass is 32.9. The molecule has 6 heteroatoms. The van der Waals surface area contributed by atoms with Crippen LogP contribution in [0.2, 0.25) is 0 Å². The zero-order valence-corrected chi connectivity index (χ0v) is 11.2. The molecule has 0 bridgehead atoms. The van der Waals surface area contributed by atoms with Gasteiger partial charge in [0, 0.05) is 5.75 Å². The van der Waals surface area contributed by atoms with E-state index in [1.54, 1.807) is 11.4 Å². The number of rotatable bonds is 9. The van der Waals surface area contributed by atoms with Gasteiger partial charge in [-0.05, 0) is 25.2 Å². The molecule has 0 aromatic heterocycles. The van der Waals surface area contributed by atoms with Crippen LogP contribution in [0.3, 0.4) is 0 Å². The van der Waals surface area contributed by atoms with Gasteiger partial charge in [-0.3, -0.25) is 4.79 Å². The molecule has 1 unspecified atom stereocenters. The van der Waals surface area contributed by atoms with Crippen molar-refractivity contribution in [2.45, 2.75) is 33.1 Å². The Balaban J connectivity index is 3.83. The molecule has 0 aliphatic rings. The Morgan fingerprint density at radius 2 is 2.21 bits per heavy atom. The van der Waals surface area contributed by atoms with Gasteiger partial charge in [0.25, 0.3) is 0 Å². The summed E-state index contributed by atoms with van der Waals surface area (Å²) in [4.78, 5) is 10.3. The van der Waals surface area contributed by atoms with Crippen molar-refractivity contribution in [1.29, 1.82) is 0 Å². The van der Waals surface area contributed by atoms with Crippen LogP contribution < -0.4 is 5.09 Å². The van der Waals surface area contributed by atoms with E-state index in [-0.39, 0.29) is 0 Å². The van der Waals surface area contributed by atoms with Crippen molar-refractivity contribution in [2.24, 2.45) is 0 Å². The standard InChI is InChI=1S/C8H18NO2PS2/c1-3-5-6-7-14-12(13,9-8-10)11-4-2/h8H,3-7H2,1-2H3,(H,9,10,13). The number of nitrogens with one attached hydrogen (secondary N) is 1. The molecule has 0 rings (SSSR count). The summed E-state index contributed by atoms with van der Waals surface area (Å²) in [5.41, 5.74) is -2.13. The van der Waals surface area contributed by atoms with Gasteiger partial charge in [0.2, 0.25) is 12.0 Å². The van der Waals surface area contributed by atoms with Crippen LogP contribution in [0, 0.1) is 0 Å². The van der Waals surface area contributed by atoms with Crippen LogP contribution in [0.5, 0.6) is 0 Å². The first-order valence-corrected chi connectivity index (χ1v) is 9.10. The molecule has 0 aromatic carbocycles. The van der Waals surface area contributed by atoms with Crippen LogP contribution >= 0.6 is 17.0 Å². The minimum Gasteiger partial charge on any atom is -0.327 e. The average molecular weight is 255 g/mol. The Bertz CT molecular complexity index is 202. The Morgan fingerprint density at radius 1 is 1.50 bits per heavy atom. The van der Waals surface area contributed by atoms with Crippen LogP contribution in [0.25, 0.3) is 0 Å². The second-order valence-electron chi connectivity index (χ2n) is 2.70. The maximum atomic E-state index is 10.3. The Morgan fingerprint density at radius 3 is 2.71 bits per heavy atom. The number of carbonyl (C=O) groups is 1. The summed E-state index contributed by atoms with van der Waals surface area (Å²) in [6.07, 6.45) is 4.17. The van der Waals surface area contributed by atoms with E-state index in [2.05, 4.69) is 12.0 Å². The fourth-order valence-electron chi connectivity index (χ4n) is 0.883. The van der Waals surface area contributed by atoms with Crippen molar-refractivity contribution in [3.05, 3.63) is 0 Å². The molecule has 1 amide bonds. The van der Waals surface area contributed by atoms with E-state index in [1.807, 2.05) is 6.92 Å². The lowest BCUT2D eigenvalue weighted by molar-refractivity contribution is -0.108. The van der Waals surface area contributed by atoms with Gasteiger partial charge >= 0.3 is 0 Å². The van der Waals surface area contributed by atoms with Crippen LogP contribution in [0.1, 0.15) is 33.1 Å². The Hall–Kier alpha value is 0.430. The van der Waals surface area contributed by atoms with E-state index >= 15 is 0 Å². The molecule has 0 saturated carbocycles. The zero-order chi connectivity index (χ0) is 10.9. The topological polar surface area (TPSA) is 38.3 Å². The molecule has 0 aromatic rings. The van der Waals surface area contributed by atoms with Crippen LogP contribution in [-0.2, 0) is 21.1 Å². The molecule has 0 aliphatic heterocycles. The van der Waals surface area contributed by atoms with E-state index in [9.17, 15) is 4.79 Å². The Kier molecular flexibility index (Phi) is 8.98. The van der Waals surface area contributed by atoms with Gasteiger partial charge in [-0.25, -0.2) is 0 Å². The third kappa shape index (κ3) is 6.82. The minimum atomic E-state index is -2.13. The molecule has 0 spiro atoms. The van der Waals surface area contributed by atoms with Gasteiger partial charge in [-0.15, -0.1) is 0 Å². The van der Waals surface area contributed by atoms with Crippen LogP contribution in [0.15, 0.2) is 0 Å². The van der Waals surface area contributed by atoms with Crippen molar-refractivity contribution in [3.8, 4) is 0 Å². The van der Waals surface area contributed by atoms with E-state index < -0.39 is 5.62 Å². The predicted octanol–water partition coefficient (Wildman–Crippen LogP) is 2.92. The summed E-state index contributed by atoms with van der Waals surface area (Å²) < 4.78 is 5.40. The van der Waals surface area contributed by atoms with Crippen molar-refractivity contribution in [3.63, 3.8) is 0 Å². The molecular weight excluding hydrogens is 237 g/mol. The maximum Gasteiger partial charge on any atom is 0.213 e. The average Bonchev–Trinajstić information content (AvgIpc) is 2.13. The normalized spacial score (nSPS) is 14.7. The van der Waals surface area contributed by atoms with Crippen molar-refractivity contribution in [1.82, 2.24) is 5.09 Å². The molecule has 84 valence electrons. The number of amides is 1. The number of carbonyl (C=O) groups excluding carboxylic acids is 1. The maximum absolute atomic E-state index is 10.3. The van der Waals surface area contributed by atoms with E-state index in [4.69, 9.17) is 16.3 Å². The lowest BCUT2D eigenvalue weighted by Gasteiger charge is -2.19. The quantitative estimate of drug-likeness (QED) is 0.390. The summed E-state index contributed by atoms with van der Waals surface area (Å²) in [5, 5.41) is 2.62. The molecule has 0 heterocycles. The summed E-state index contributed by atoms with van der Waals surface area (Å²) in [6, 6.07) is 0. The first kappa shape index (κ1) is 14.4. The molecule has 0 aliphatic carbocycles. The molecular formula is C8H18NO2PS2. The summed E-state index contributed by atoms with van der Waals surface area (Å²) in [6.45, 7) is 4.60. The lowest BCUT2D eigenvalue weighted by atomic mass is 10.3. The van der Waals surface area contributed by atoms with Crippen LogP contribution in [0.4, 0.5) is 0 Å². The largest absolute Gasteiger partial charge is 0.327 e. The molecule has 14 heavy (non-hydrogen) atoms. The van der Waals surface area contributed by atoms with Gasteiger partial charge in [-0.2, -0.15) is 0 Å². The van der Waals surface area contributed by atoms with Gasteiger partial charge in [0.1, 0.15) is 0 Å².